The summed E-state index contributed by atoms with van der Waals surface area (Å²) >= 11 is 3.43. The summed E-state index contributed by atoms with van der Waals surface area (Å²) in [5, 5.41) is 6.74. The standard InChI is InChI=1S/C24H22BrN3O4/c1-16-7-10-18(11-8-16)24(30)28-26-14-17-9-12-21(19(25)13-17)32-15-23(29)27-20-5-3-4-6-22(20)31-2/h3-14H,15H2,1-2H3,(H,27,29)(H,28,30). The van der Waals surface area contributed by atoms with E-state index in [1.54, 1.807) is 48.5 Å². The van der Waals surface area contributed by atoms with Gasteiger partial charge in [-0.1, -0.05) is 29.8 Å². The van der Waals surface area contributed by atoms with Gasteiger partial charge in [0.15, 0.2) is 6.61 Å². The van der Waals surface area contributed by atoms with Crippen LogP contribution >= 0.6 is 15.9 Å². The summed E-state index contributed by atoms with van der Waals surface area (Å²) in [6.07, 6.45) is 1.52. The zero-order valence-corrected chi connectivity index (χ0v) is 19.2. The van der Waals surface area contributed by atoms with E-state index in [-0.39, 0.29) is 18.4 Å². The van der Waals surface area contributed by atoms with Crippen LogP contribution in [0, 0.1) is 6.92 Å². The van der Waals surface area contributed by atoms with Gasteiger partial charge in [0.05, 0.1) is 23.5 Å². The number of methoxy groups -OCH3 is 1. The van der Waals surface area contributed by atoms with Crippen molar-refractivity contribution in [2.75, 3.05) is 19.0 Å². The number of hydrazone groups is 1. The Morgan fingerprint density at radius 3 is 2.50 bits per heavy atom. The molecule has 0 saturated heterocycles. The number of ether oxygens (including phenoxy) is 2. The smallest absolute Gasteiger partial charge is 0.271 e. The van der Waals surface area contributed by atoms with Gasteiger partial charge in [-0.2, -0.15) is 5.10 Å². The molecule has 8 heteroatoms. The Hall–Kier alpha value is -3.65. The number of carbonyl (C=O) groups excluding carboxylic acids is 2. The Balaban J connectivity index is 1.53. The number of hydrogen-bond donors (Lipinski definition) is 2. The number of aryl methyl sites for hydroxylation is 1. The van der Waals surface area contributed by atoms with Gasteiger partial charge in [0.2, 0.25) is 0 Å². The van der Waals surface area contributed by atoms with Crippen LogP contribution in [0.5, 0.6) is 11.5 Å². The van der Waals surface area contributed by atoms with Crippen molar-refractivity contribution in [2.24, 2.45) is 5.10 Å². The molecule has 0 saturated carbocycles. The SMILES string of the molecule is COc1ccccc1NC(=O)COc1ccc(C=NNC(=O)c2ccc(C)cc2)cc1Br. The first-order valence-corrected chi connectivity index (χ1v) is 10.5. The molecule has 7 nitrogen and oxygen atoms in total. The van der Waals surface area contributed by atoms with Gasteiger partial charge in [0.1, 0.15) is 11.5 Å². The number of amides is 2. The zero-order chi connectivity index (χ0) is 22.9. The summed E-state index contributed by atoms with van der Waals surface area (Å²) < 4.78 is 11.5. The van der Waals surface area contributed by atoms with Crippen molar-refractivity contribution in [3.05, 3.63) is 87.9 Å². The maximum atomic E-state index is 12.2. The number of carbonyl (C=O) groups is 2. The molecular formula is C24H22BrN3O4. The van der Waals surface area contributed by atoms with Crippen LogP contribution in [0.2, 0.25) is 0 Å². The van der Waals surface area contributed by atoms with Gasteiger partial charge in [-0.05, 0) is 70.9 Å². The van der Waals surface area contributed by atoms with Crippen molar-refractivity contribution in [2.45, 2.75) is 6.92 Å². The summed E-state index contributed by atoms with van der Waals surface area (Å²) in [5.74, 6) is 0.466. The maximum absolute atomic E-state index is 12.2. The van der Waals surface area contributed by atoms with Crippen molar-refractivity contribution in [3.63, 3.8) is 0 Å². The molecule has 0 fully saturated rings. The Morgan fingerprint density at radius 1 is 1.03 bits per heavy atom. The number of rotatable bonds is 8. The number of nitrogens with zero attached hydrogens (tertiary/aromatic N) is 1. The van der Waals surface area contributed by atoms with Crippen LogP contribution in [0.1, 0.15) is 21.5 Å². The monoisotopic (exact) mass is 495 g/mol. The van der Waals surface area contributed by atoms with Gasteiger partial charge < -0.3 is 14.8 Å². The van der Waals surface area contributed by atoms with E-state index in [1.165, 1.54) is 13.3 Å². The molecule has 0 radical (unpaired) electrons. The van der Waals surface area contributed by atoms with Crippen LogP contribution < -0.4 is 20.2 Å². The Labute approximate surface area is 194 Å². The normalized spacial score (nSPS) is 10.6. The molecule has 0 atom stereocenters. The van der Waals surface area contributed by atoms with E-state index >= 15 is 0 Å². The summed E-state index contributed by atoms with van der Waals surface area (Å²) in [6, 6.07) is 19.6. The van der Waals surface area contributed by atoms with E-state index in [9.17, 15) is 9.59 Å². The van der Waals surface area contributed by atoms with Gasteiger partial charge >= 0.3 is 0 Å². The van der Waals surface area contributed by atoms with Crippen LogP contribution in [0.4, 0.5) is 5.69 Å². The molecule has 0 bridgehead atoms. The fraction of sp³-hybridized carbons (Fsp3) is 0.125. The predicted octanol–water partition coefficient (Wildman–Crippen LogP) is 4.55. The fourth-order valence-electron chi connectivity index (χ4n) is 2.73. The molecule has 0 aliphatic heterocycles. The van der Waals surface area contributed by atoms with Crippen LogP contribution in [0.25, 0.3) is 0 Å². The number of nitrogens with one attached hydrogen (secondary N) is 2. The van der Waals surface area contributed by atoms with Crippen molar-refractivity contribution >= 4 is 39.6 Å². The minimum atomic E-state index is -0.314. The second-order valence-electron chi connectivity index (χ2n) is 6.79. The second kappa shape index (κ2) is 11.1. The van der Waals surface area contributed by atoms with Gasteiger partial charge in [0, 0.05) is 5.56 Å². The van der Waals surface area contributed by atoms with Crippen molar-refractivity contribution in [3.8, 4) is 11.5 Å². The molecule has 0 unspecified atom stereocenters. The van der Waals surface area contributed by atoms with Gasteiger partial charge in [-0.3, -0.25) is 9.59 Å². The van der Waals surface area contributed by atoms with Crippen molar-refractivity contribution < 1.29 is 19.1 Å². The third kappa shape index (κ3) is 6.42. The molecule has 0 spiro atoms. The van der Waals surface area contributed by atoms with E-state index in [2.05, 4.69) is 31.8 Å². The zero-order valence-electron chi connectivity index (χ0n) is 17.6. The lowest BCUT2D eigenvalue weighted by Gasteiger charge is -2.11. The lowest BCUT2D eigenvalue weighted by Crippen LogP contribution is -2.20. The lowest BCUT2D eigenvalue weighted by molar-refractivity contribution is -0.118. The molecule has 0 aromatic heterocycles. The number of hydrogen-bond acceptors (Lipinski definition) is 5. The Kier molecular flexibility index (Phi) is 7.99. The number of anilines is 1. The fourth-order valence-corrected chi connectivity index (χ4v) is 3.24. The number of benzene rings is 3. The van der Waals surface area contributed by atoms with Gasteiger partial charge in [0.25, 0.3) is 11.8 Å². The molecule has 3 aromatic rings. The van der Waals surface area contributed by atoms with Crippen LogP contribution in [0.15, 0.2) is 76.3 Å². The highest BCUT2D eigenvalue weighted by molar-refractivity contribution is 9.10. The van der Waals surface area contributed by atoms with Crippen molar-refractivity contribution in [1.82, 2.24) is 5.43 Å². The summed E-state index contributed by atoms with van der Waals surface area (Å²) in [6.45, 7) is 1.79. The second-order valence-corrected chi connectivity index (χ2v) is 7.65. The quantitative estimate of drug-likeness (QED) is 0.354. The predicted molar refractivity (Wildman–Crippen MR) is 127 cm³/mol. The van der Waals surface area contributed by atoms with E-state index < -0.39 is 0 Å². The van der Waals surface area contributed by atoms with E-state index in [4.69, 9.17) is 9.47 Å². The molecule has 0 heterocycles. The first-order valence-electron chi connectivity index (χ1n) is 9.71. The molecule has 2 N–H and O–H groups in total. The van der Waals surface area contributed by atoms with E-state index in [1.807, 2.05) is 25.1 Å². The molecular weight excluding hydrogens is 474 g/mol. The van der Waals surface area contributed by atoms with Crippen LogP contribution in [-0.4, -0.2) is 31.7 Å². The van der Waals surface area contributed by atoms with Crippen molar-refractivity contribution in [1.29, 1.82) is 0 Å². The highest BCUT2D eigenvalue weighted by atomic mass is 79.9. The average Bonchev–Trinajstić information content (AvgIpc) is 2.79. The summed E-state index contributed by atoms with van der Waals surface area (Å²) in [5.41, 5.74) is 5.42. The third-order valence-electron chi connectivity index (χ3n) is 4.39. The molecule has 2 amide bonds. The molecule has 0 aliphatic rings. The minimum absolute atomic E-state index is 0.170. The minimum Gasteiger partial charge on any atom is -0.495 e. The van der Waals surface area contributed by atoms with Crippen LogP contribution in [0.3, 0.4) is 0 Å². The molecule has 32 heavy (non-hydrogen) atoms. The molecule has 3 aromatic carbocycles. The Bertz CT molecular complexity index is 1130. The summed E-state index contributed by atoms with van der Waals surface area (Å²) in [4.78, 5) is 24.3. The Morgan fingerprint density at radius 2 is 1.78 bits per heavy atom. The first kappa shape index (κ1) is 23.0. The van der Waals surface area contributed by atoms with Crippen LogP contribution in [-0.2, 0) is 4.79 Å². The molecule has 164 valence electrons. The topological polar surface area (TPSA) is 89.0 Å². The lowest BCUT2D eigenvalue weighted by atomic mass is 10.1. The highest BCUT2D eigenvalue weighted by Gasteiger charge is 2.09. The highest BCUT2D eigenvalue weighted by Crippen LogP contribution is 2.26. The molecule has 3 rings (SSSR count). The average molecular weight is 496 g/mol. The number of halogens is 1. The third-order valence-corrected chi connectivity index (χ3v) is 5.01. The van der Waals surface area contributed by atoms with E-state index in [0.717, 1.165) is 11.1 Å². The first-order chi connectivity index (χ1) is 15.5. The van der Waals surface area contributed by atoms with E-state index in [0.29, 0.717) is 27.2 Å². The maximum Gasteiger partial charge on any atom is 0.271 e. The number of para-hydroxylation sites is 2. The molecule has 0 aliphatic carbocycles. The largest absolute Gasteiger partial charge is 0.495 e. The summed E-state index contributed by atoms with van der Waals surface area (Å²) in [7, 11) is 1.54. The van der Waals surface area contributed by atoms with Gasteiger partial charge in [-0.15, -0.1) is 0 Å². The van der Waals surface area contributed by atoms with Gasteiger partial charge in [-0.25, -0.2) is 5.43 Å².